The van der Waals surface area contributed by atoms with E-state index in [1.807, 2.05) is 6.07 Å². The zero-order valence-electron chi connectivity index (χ0n) is 19.2. The lowest BCUT2D eigenvalue weighted by Crippen LogP contribution is -2.17. The van der Waals surface area contributed by atoms with Gasteiger partial charge in [0.1, 0.15) is 18.1 Å². The lowest BCUT2D eigenvalue weighted by atomic mass is 10.2. The lowest BCUT2D eigenvalue weighted by Gasteiger charge is -2.08. The van der Waals surface area contributed by atoms with Crippen LogP contribution in [0.25, 0.3) is 0 Å². The summed E-state index contributed by atoms with van der Waals surface area (Å²) < 4.78 is 11.9. The van der Waals surface area contributed by atoms with E-state index >= 15 is 0 Å². The maximum Gasteiger partial charge on any atom is 0.343 e. The molecule has 0 heterocycles. The molecule has 0 saturated carbocycles. The lowest BCUT2D eigenvalue weighted by molar-refractivity contribution is 0.0734. The molecular weight excluding hydrogens is 579 g/mol. The molecule has 0 aliphatic carbocycles. The summed E-state index contributed by atoms with van der Waals surface area (Å²) >= 11 is 15.4. The number of hydrogen-bond donors (Lipinski definition) is 1. The summed E-state index contributed by atoms with van der Waals surface area (Å²) in [6.45, 7) is 0.272. The summed E-state index contributed by atoms with van der Waals surface area (Å²) in [5, 5.41) is 5.07. The van der Waals surface area contributed by atoms with Gasteiger partial charge in [-0.1, -0.05) is 51.3 Å². The molecule has 0 fully saturated rings. The van der Waals surface area contributed by atoms with Crippen molar-refractivity contribution < 1.29 is 19.1 Å². The van der Waals surface area contributed by atoms with Crippen LogP contribution in [0.15, 0.2) is 101 Å². The molecule has 0 aromatic heterocycles. The number of nitrogens with one attached hydrogen (secondary N) is 1. The van der Waals surface area contributed by atoms with Gasteiger partial charge in [0.15, 0.2) is 0 Å². The second kappa shape index (κ2) is 12.5. The van der Waals surface area contributed by atoms with E-state index in [0.717, 1.165) is 10.0 Å². The van der Waals surface area contributed by atoms with Crippen molar-refractivity contribution in [1.29, 1.82) is 0 Å². The summed E-state index contributed by atoms with van der Waals surface area (Å²) in [6, 6.07) is 25.5. The number of halogens is 3. The van der Waals surface area contributed by atoms with Crippen LogP contribution in [0.4, 0.5) is 0 Å². The quantitative estimate of drug-likeness (QED) is 0.0999. The minimum Gasteiger partial charge on any atom is -0.489 e. The number of hydrogen-bond acceptors (Lipinski definition) is 5. The SMILES string of the molecule is O=C(N/N=C/c1ccc(OC(=O)c2cccc(Br)c2)cc1)c1ccc(OCc2ccc(Cl)cc2Cl)cc1. The molecular formula is C28H19BrCl2N2O4. The molecule has 6 nitrogen and oxygen atoms in total. The molecule has 4 rings (SSSR count). The first kappa shape index (κ1) is 26.4. The van der Waals surface area contributed by atoms with Crippen molar-refractivity contribution in [2.75, 3.05) is 0 Å². The number of amides is 1. The maximum absolute atomic E-state index is 12.4. The predicted molar refractivity (Wildman–Crippen MR) is 148 cm³/mol. The summed E-state index contributed by atoms with van der Waals surface area (Å²) in [4.78, 5) is 24.6. The normalized spacial score (nSPS) is 10.8. The van der Waals surface area contributed by atoms with E-state index in [4.69, 9.17) is 32.7 Å². The molecule has 0 spiro atoms. The van der Waals surface area contributed by atoms with Gasteiger partial charge in [-0.05, 0) is 84.4 Å². The van der Waals surface area contributed by atoms with Crippen LogP contribution in [0.3, 0.4) is 0 Å². The van der Waals surface area contributed by atoms with Gasteiger partial charge in [0.2, 0.25) is 0 Å². The van der Waals surface area contributed by atoms with Crippen molar-refractivity contribution in [2.24, 2.45) is 5.10 Å². The Morgan fingerprint density at radius 2 is 1.59 bits per heavy atom. The van der Waals surface area contributed by atoms with Crippen molar-refractivity contribution >= 4 is 57.2 Å². The number of carbonyl (C=O) groups is 2. The Morgan fingerprint density at radius 3 is 2.30 bits per heavy atom. The Kier molecular flexibility index (Phi) is 8.95. The Labute approximate surface area is 232 Å². The van der Waals surface area contributed by atoms with Crippen molar-refractivity contribution in [2.45, 2.75) is 6.61 Å². The highest BCUT2D eigenvalue weighted by atomic mass is 79.9. The van der Waals surface area contributed by atoms with Crippen molar-refractivity contribution in [3.63, 3.8) is 0 Å². The van der Waals surface area contributed by atoms with E-state index in [-0.39, 0.29) is 12.5 Å². The van der Waals surface area contributed by atoms with E-state index in [0.29, 0.717) is 38.2 Å². The smallest absolute Gasteiger partial charge is 0.343 e. The monoisotopic (exact) mass is 596 g/mol. The molecule has 0 atom stereocenters. The first-order valence-electron chi connectivity index (χ1n) is 11.0. The van der Waals surface area contributed by atoms with Crippen molar-refractivity contribution in [3.8, 4) is 11.5 Å². The van der Waals surface area contributed by atoms with Gasteiger partial charge in [0.25, 0.3) is 5.91 Å². The number of hydrazone groups is 1. The fourth-order valence-corrected chi connectivity index (χ4v) is 4.00. The highest BCUT2D eigenvalue weighted by Crippen LogP contribution is 2.23. The molecule has 1 amide bonds. The third-order valence-corrected chi connectivity index (χ3v) is 6.14. The summed E-state index contributed by atoms with van der Waals surface area (Å²) in [5.74, 6) is 0.154. The van der Waals surface area contributed by atoms with Crippen LogP contribution in [0.5, 0.6) is 11.5 Å². The fourth-order valence-electron chi connectivity index (χ4n) is 3.14. The van der Waals surface area contributed by atoms with Gasteiger partial charge in [0.05, 0.1) is 11.8 Å². The molecule has 4 aromatic rings. The zero-order chi connectivity index (χ0) is 26.2. The Bertz CT molecular complexity index is 1440. The fraction of sp³-hybridized carbons (Fsp3) is 0.0357. The molecule has 0 saturated heterocycles. The molecule has 0 unspecified atom stereocenters. The number of rotatable bonds is 8. The molecule has 4 aromatic carbocycles. The average Bonchev–Trinajstić information content (AvgIpc) is 2.89. The van der Waals surface area contributed by atoms with Gasteiger partial charge in [-0.3, -0.25) is 4.79 Å². The second-order valence-corrected chi connectivity index (χ2v) is 9.48. The first-order valence-corrected chi connectivity index (χ1v) is 12.5. The van der Waals surface area contributed by atoms with E-state index in [9.17, 15) is 9.59 Å². The molecule has 37 heavy (non-hydrogen) atoms. The van der Waals surface area contributed by atoms with Crippen LogP contribution in [0.2, 0.25) is 10.0 Å². The van der Waals surface area contributed by atoms with E-state index < -0.39 is 5.97 Å². The van der Waals surface area contributed by atoms with Crippen LogP contribution >= 0.6 is 39.1 Å². The van der Waals surface area contributed by atoms with Crippen molar-refractivity contribution in [1.82, 2.24) is 5.43 Å². The minimum atomic E-state index is -0.458. The molecule has 0 aliphatic rings. The predicted octanol–water partition coefficient (Wildman–Crippen LogP) is 7.32. The van der Waals surface area contributed by atoms with Crippen LogP contribution in [-0.4, -0.2) is 18.1 Å². The second-order valence-electron chi connectivity index (χ2n) is 7.72. The average molecular weight is 598 g/mol. The molecule has 186 valence electrons. The third kappa shape index (κ3) is 7.67. The van der Waals surface area contributed by atoms with Crippen LogP contribution in [0.1, 0.15) is 31.8 Å². The first-order chi connectivity index (χ1) is 17.9. The van der Waals surface area contributed by atoms with Crippen LogP contribution in [-0.2, 0) is 6.61 Å². The van der Waals surface area contributed by atoms with Gasteiger partial charge in [-0.15, -0.1) is 0 Å². The summed E-state index contributed by atoms with van der Waals surface area (Å²) in [7, 11) is 0. The molecule has 9 heteroatoms. The van der Waals surface area contributed by atoms with Gasteiger partial charge in [-0.2, -0.15) is 5.10 Å². The Hall–Kier alpha value is -3.65. The van der Waals surface area contributed by atoms with E-state index in [1.54, 1.807) is 84.9 Å². The highest BCUT2D eigenvalue weighted by molar-refractivity contribution is 9.10. The summed E-state index contributed by atoms with van der Waals surface area (Å²) in [6.07, 6.45) is 1.49. The standard InChI is InChI=1S/C28H19BrCl2N2O4/c29-22-3-1-2-20(14-22)28(35)37-25-10-4-18(5-11-25)16-32-33-27(34)19-7-12-24(13-8-19)36-17-21-6-9-23(30)15-26(21)31/h1-16H,17H2,(H,33,34)/b32-16+. The van der Waals surface area contributed by atoms with Gasteiger partial charge in [-0.25, -0.2) is 10.2 Å². The highest BCUT2D eigenvalue weighted by Gasteiger charge is 2.09. The van der Waals surface area contributed by atoms with Gasteiger partial charge in [0, 0.05) is 25.6 Å². The number of carbonyl (C=O) groups excluding carboxylic acids is 2. The third-order valence-electron chi connectivity index (χ3n) is 5.06. The maximum atomic E-state index is 12.4. The Balaban J connectivity index is 1.26. The molecule has 1 N–H and O–H groups in total. The van der Waals surface area contributed by atoms with Gasteiger partial charge >= 0.3 is 5.97 Å². The summed E-state index contributed by atoms with van der Waals surface area (Å²) in [5.41, 5.74) is 4.86. The molecule has 0 radical (unpaired) electrons. The topological polar surface area (TPSA) is 77.0 Å². The number of benzene rings is 4. The Morgan fingerprint density at radius 1 is 0.865 bits per heavy atom. The van der Waals surface area contributed by atoms with E-state index in [2.05, 4.69) is 26.5 Å². The largest absolute Gasteiger partial charge is 0.489 e. The zero-order valence-corrected chi connectivity index (χ0v) is 22.3. The van der Waals surface area contributed by atoms with E-state index in [1.165, 1.54) is 6.21 Å². The molecule has 0 aliphatic heterocycles. The number of esters is 1. The van der Waals surface area contributed by atoms with Crippen LogP contribution < -0.4 is 14.9 Å². The minimum absolute atomic E-state index is 0.272. The van der Waals surface area contributed by atoms with Gasteiger partial charge < -0.3 is 9.47 Å². The number of nitrogens with zero attached hydrogens (tertiary/aromatic N) is 1. The molecule has 0 bridgehead atoms. The number of ether oxygens (including phenoxy) is 2. The van der Waals surface area contributed by atoms with Crippen LogP contribution in [0, 0.1) is 0 Å². The van der Waals surface area contributed by atoms with Crippen molar-refractivity contribution in [3.05, 3.63) is 128 Å².